The Bertz CT molecular complexity index is 848. The van der Waals surface area contributed by atoms with E-state index in [0.717, 1.165) is 31.5 Å². The molecule has 3 aromatic rings. The van der Waals surface area contributed by atoms with Gasteiger partial charge >= 0.3 is 0 Å². The van der Waals surface area contributed by atoms with Crippen LogP contribution in [0.3, 0.4) is 0 Å². The smallest absolute Gasteiger partial charge is 0.292 e. The quantitative estimate of drug-likeness (QED) is 0.720. The number of benzene rings is 1. The van der Waals surface area contributed by atoms with Crippen LogP contribution in [-0.4, -0.2) is 38.3 Å². The summed E-state index contributed by atoms with van der Waals surface area (Å²) in [5.74, 6) is 0.701. The van der Waals surface area contributed by atoms with Gasteiger partial charge < -0.3 is 4.90 Å². The normalized spacial score (nSPS) is 11.1. The highest BCUT2D eigenvalue weighted by molar-refractivity contribution is 5.84. The zero-order chi connectivity index (χ0) is 16.9. The van der Waals surface area contributed by atoms with Crippen LogP contribution in [-0.2, 0) is 6.54 Å². The second-order valence-electron chi connectivity index (χ2n) is 5.79. The van der Waals surface area contributed by atoms with E-state index in [2.05, 4.69) is 39.3 Å². The summed E-state index contributed by atoms with van der Waals surface area (Å²) in [4.78, 5) is 14.5. The van der Waals surface area contributed by atoms with E-state index in [1.165, 1.54) is 0 Å². The van der Waals surface area contributed by atoms with Crippen molar-refractivity contribution in [3.05, 3.63) is 46.2 Å². The summed E-state index contributed by atoms with van der Waals surface area (Å²) in [6, 6.07) is 9.91. The molecule has 0 amide bonds. The first-order chi connectivity index (χ1) is 11.7. The minimum Gasteiger partial charge on any atom is -0.353 e. The molecule has 0 spiro atoms. The zero-order valence-electron chi connectivity index (χ0n) is 14.1. The van der Waals surface area contributed by atoms with Crippen molar-refractivity contribution in [3.63, 3.8) is 0 Å². The zero-order valence-corrected chi connectivity index (χ0v) is 14.1. The van der Waals surface area contributed by atoms with E-state index in [4.69, 9.17) is 0 Å². The molecule has 1 N–H and O–H groups in total. The Kier molecular flexibility index (Phi) is 4.88. The third-order valence-electron chi connectivity index (χ3n) is 3.89. The van der Waals surface area contributed by atoms with E-state index in [0.29, 0.717) is 23.4 Å². The minimum atomic E-state index is -0.261. The number of aromatic amines is 1. The molecule has 7 nitrogen and oxygen atoms in total. The highest BCUT2D eigenvalue weighted by Crippen LogP contribution is 2.20. The molecule has 24 heavy (non-hydrogen) atoms. The fourth-order valence-electron chi connectivity index (χ4n) is 2.85. The topological polar surface area (TPSA) is 79.7 Å². The maximum Gasteiger partial charge on any atom is 0.292 e. The number of anilines is 1. The first-order valence-electron chi connectivity index (χ1n) is 8.35. The second kappa shape index (κ2) is 7.25. The summed E-state index contributed by atoms with van der Waals surface area (Å²) in [6.07, 6.45) is 2.00. The van der Waals surface area contributed by atoms with E-state index in [1.54, 1.807) is 4.68 Å². The summed E-state index contributed by atoms with van der Waals surface area (Å²) in [5, 5.41) is 15.3. The van der Waals surface area contributed by atoms with Crippen LogP contribution >= 0.6 is 0 Å². The van der Waals surface area contributed by atoms with Crippen molar-refractivity contribution in [1.29, 1.82) is 0 Å². The Morgan fingerprint density at radius 3 is 2.50 bits per heavy atom. The molecule has 3 rings (SSSR count). The van der Waals surface area contributed by atoms with Crippen LogP contribution in [0.5, 0.6) is 0 Å². The van der Waals surface area contributed by atoms with E-state index < -0.39 is 0 Å². The van der Waals surface area contributed by atoms with Gasteiger partial charge in [0.25, 0.3) is 5.56 Å². The Labute approximate surface area is 140 Å². The molecular weight excluding hydrogens is 304 g/mol. The highest BCUT2D eigenvalue weighted by atomic mass is 16.1. The predicted octanol–water partition coefficient (Wildman–Crippen LogP) is 2.19. The Morgan fingerprint density at radius 1 is 1.12 bits per heavy atom. The fourth-order valence-corrected chi connectivity index (χ4v) is 2.85. The standard InChI is InChI=1S/C17H22N6O/c1-3-10-22(11-4-2)16-14-15(17(24)20-19-16)23(21-18-14)12-13-8-6-5-7-9-13/h5-9H,3-4,10-12H2,1-2H3,(H,20,24). The number of nitrogens with one attached hydrogen (secondary N) is 1. The molecule has 0 fully saturated rings. The van der Waals surface area contributed by atoms with E-state index in [1.807, 2.05) is 30.3 Å². The second-order valence-corrected chi connectivity index (χ2v) is 5.79. The highest BCUT2D eigenvalue weighted by Gasteiger charge is 2.18. The molecule has 2 aromatic heterocycles. The molecule has 0 atom stereocenters. The molecule has 0 aliphatic rings. The summed E-state index contributed by atoms with van der Waals surface area (Å²) < 4.78 is 1.64. The molecule has 7 heteroatoms. The number of hydrogen-bond acceptors (Lipinski definition) is 5. The van der Waals surface area contributed by atoms with E-state index in [9.17, 15) is 4.79 Å². The van der Waals surface area contributed by atoms with Crippen molar-refractivity contribution in [1.82, 2.24) is 25.2 Å². The van der Waals surface area contributed by atoms with Crippen molar-refractivity contribution in [2.24, 2.45) is 0 Å². The molecule has 0 bridgehead atoms. The largest absolute Gasteiger partial charge is 0.353 e. The molecule has 2 heterocycles. The molecule has 126 valence electrons. The van der Waals surface area contributed by atoms with Crippen molar-refractivity contribution < 1.29 is 0 Å². The molecule has 0 radical (unpaired) electrons. The Morgan fingerprint density at radius 2 is 1.83 bits per heavy atom. The van der Waals surface area contributed by atoms with E-state index >= 15 is 0 Å². The van der Waals surface area contributed by atoms with Crippen LogP contribution in [0.4, 0.5) is 5.82 Å². The van der Waals surface area contributed by atoms with Crippen LogP contribution in [0.15, 0.2) is 35.1 Å². The average molecular weight is 326 g/mol. The molecular formula is C17H22N6O. The minimum absolute atomic E-state index is 0.261. The number of rotatable bonds is 7. The van der Waals surface area contributed by atoms with Gasteiger partial charge in [-0.15, -0.1) is 5.10 Å². The number of aromatic nitrogens is 5. The van der Waals surface area contributed by atoms with Gasteiger partial charge in [0, 0.05) is 13.1 Å². The van der Waals surface area contributed by atoms with Gasteiger partial charge in [0.1, 0.15) is 0 Å². The first-order valence-corrected chi connectivity index (χ1v) is 8.35. The first kappa shape index (κ1) is 16.2. The predicted molar refractivity (Wildman–Crippen MR) is 94.3 cm³/mol. The molecule has 0 aliphatic carbocycles. The Hall–Kier alpha value is -2.70. The van der Waals surface area contributed by atoms with Crippen LogP contribution < -0.4 is 10.5 Å². The van der Waals surface area contributed by atoms with Crippen LogP contribution in [0.1, 0.15) is 32.3 Å². The van der Waals surface area contributed by atoms with Gasteiger partial charge in [-0.2, -0.15) is 5.10 Å². The van der Waals surface area contributed by atoms with Gasteiger partial charge in [-0.3, -0.25) is 4.79 Å². The third kappa shape index (κ3) is 3.15. The van der Waals surface area contributed by atoms with E-state index in [-0.39, 0.29) is 5.56 Å². The van der Waals surface area contributed by atoms with Crippen molar-refractivity contribution in [2.45, 2.75) is 33.2 Å². The number of hydrogen-bond donors (Lipinski definition) is 1. The lowest BCUT2D eigenvalue weighted by molar-refractivity contribution is 0.667. The lowest BCUT2D eigenvalue weighted by Crippen LogP contribution is -2.28. The maximum atomic E-state index is 12.3. The Balaban J connectivity index is 2.05. The number of H-pyrrole nitrogens is 1. The summed E-state index contributed by atoms with van der Waals surface area (Å²) in [5.41, 5.74) is 1.85. The molecule has 0 saturated heterocycles. The van der Waals surface area contributed by atoms with Crippen molar-refractivity contribution in [3.8, 4) is 0 Å². The lowest BCUT2D eigenvalue weighted by atomic mass is 10.2. The van der Waals surface area contributed by atoms with Gasteiger partial charge in [0.2, 0.25) is 0 Å². The van der Waals surface area contributed by atoms with Gasteiger partial charge in [-0.1, -0.05) is 49.4 Å². The van der Waals surface area contributed by atoms with Crippen molar-refractivity contribution in [2.75, 3.05) is 18.0 Å². The average Bonchev–Trinajstić information content (AvgIpc) is 3.01. The van der Waals surface area contributed by atoms with Gasteiger partial charge in [0.15, 0.2) is 16.9 Å². The van der Waals surface area contributed by atoms with Gasteiger partial charge in [-0.05, 0) is 18.4 Å². The summed E-state index contributed by atoms with van der Waals surface area (Å²) in [6.45, 7) is 6.49. The van der Waals surface area contributed by atoms with Gasteiger partial charge in [-0.25, -0.2) is 9.78 Å². The van der Waals surface area contributed by atoms with Crippen LogP contribution in [0.25, 0.3) is 11.0 Å². The number of nitrogens with zero attached hydrogens (tertiary/aromatic N) is 5. The molecule has 1 aromatic carbocycles. The van der Waals surface area contributed by atoms with Crippen LogP contribution in [0.2, 0.25) is 0 Å². The maximum absolute atomic E-state index is 12.3. The SMILES string of the molecule is CCCN(CCC)c1n[nH]c(=O)c2c1nnn2Cc1ccccc1. The van der Waals surface area contributed by atoms with Crippen molar-refractivity contribution >= 4 is 16.9 Å². The summed E-state index contributed by atoms with van der Waals surface area (Å²) >= 11 is 0. The monoisotopic (exact) mass is 326 g/mol. The molecule has 0 unspecified atom stereocenters. The third-order valence-corrected chi connectivity index (χ3v) is 3.89. The molecule has 0 aliphatic heterocycles. The van der Waals surface area contributed by atoms with Crippen LogP contribution in [0, 0.1) is 0 Å². The molecule has 0 saturated carbocycles. The fraction of sp³-hybridized carbons (Fsp3) is 0.412. The summed E-state index contributed by atoms with van der Waals surface area (Å²) in [7, 11) is 0. The lowest BCUT2D eigenvalue weighted by Gasteiger charge is -2.21. The number of fused-ring (bicyclic) bond motifs is 1. The van der Waals surface area contributed by atoms with Gasteiger partial charge in [0.05, 0.1) is 6.54 Å².